The van der Waals surface area contributed by atoms with Crippen molar-refractivity contribution < 1.29 is 40.3 Å². The Morgan fingerprint density at radius 1 is 1.11 bits per heavy atom. The van der Waals surface area contributed by atoms with Crippen molar-refractivity contribution in [3.8, 4) is 0 Å². The lowest BCUT2D eigenvalue weighted by Gasteiger charge is -2.46. The Kier molecular flexibility index (Phi) is 6.25. The number of carbonyl (C=O) groups excluding carboxylic acids is 1. The van der Waals surface area contributed by atoms with Gasteiger partial charge in [-0.15, -0.1) is 0 Å². The fourth-order valence-corrected chi connectivity index (χ4v) is 6.04. The highest BCUT2D eigenvalue weighted by Gasteiger charge is 2.60. The molecular weight excluding hydrogens is 574 g/mol. The number of benzene rings is 1. The maximum atomic E-state index is 14.3. The van der Waals surface area contributed by atoms with E-state index in [-0.39, 0.29) is 42.9 Å². The van der Waals surface area contributed by atoms with Crippen LogP contribution in [0.3, 0.4) is 0 Å². The number of carbonyl (C=O) groups is 1. The van der Waals surface area contributed by atoms with Crippen LogP contribution in [0.25, 0.3) is 0 Å². The van der Waals surface area contributed by atoms with E-state index in [1.807, 2.05) is 0 Å². The van der Waals surface area contributed by atoms with Crippen molar-refractivity contribution in [2.75, 3.05) is 13.1 Å². The molecule has 2 aromatic rings. The topological polar surface area (TPSA) is 54.8 Å². The van der Waals surface area contributed by atoms with E-state index in [4.69, 9.17) is 27.9 Å². The zero-order valence-electron chi connectivity index (χ0n) is 18.3. The summed E-state index contributed by atoms with van der Waals surface area (Å²) in [6.07, 6.45) is -10.3. The molecule has 198 valence electrons. The Bertz CT molecular complexity index is 1310. The first kappa shape index (κ1) is 26.5. The first-order valence-corrected chi connectivity index (χ1v) is 12.1. The smallest absolute Gasteiger partial charge is 0.360 e. The van der Waals surface area contributed by atoms with E-state index in [0.29, 0.717) is 16.8 Å². The molecule has 1 aromatic carbocycles. The normalized spacial score (nSPS) is 22.7. The van der Waals surface area contributed by atoms with Gasteiger partial charge in [0, 0.05) is 23.7 Å². The molecule has 5 rings (SSSR count). The molecule has 4 heterocycles. The molecule has 1 aromatic heterocycles. The van der Waals surface area contributed by atoms with Gasteiger partial charge in [0.25, 0.3) is 0 Å². The van der Waals surface area contributed by atoms with Crippen molar-refractivity contribution in [3.63, 3.8) is 0 Å². The molecule has 0 N–H and O–H groups in total. The van der Waals surface area contributed by atoms with Gasteiger partial charge in [-0.2, -0.15) is 26.3 Å². The molecule has 1 amide bonds. The second-order valence-corrected chi connectivity index (χ2v) is 10.8. The standard InChI is InChI=1S/C22H14Cl2F7N3O2S/c23-13-2-12(3-14(24)17(13)25)20(22(29,30)31)4-15(33-37-20)10-1-11-7-36-19(18(11)32-6-10)8-34(9-19)16(35)5-21(26,27)28/h1-3,6H,4-5,7-9H2. The van der Waals surface area contributed by atoms with E-state index >= 15 is 0 Å². The van der Waals surface area contributed by atoms with E-state index in [1.54, 1.807) is 6.07 Å². The predicted molar refractivity (Wildman–Crippen MR) is 121 cm³/mol. The molecule has 0 bridgehead atoms. The van der Waals surface area contributed by atoms with Gasteiger partial charge in [0.15, 0.2) is 10.6 Å². The number of aromatic nitrogens is 1. The van der Waals surface area contributed by atoms with Gasteiger partial charge in [-0.05, 0) is 35.7 Å². The van der Waals surface area contributed by atoms with Crippen LogP contribution in [0.15, 0.2) is 28.8 Å². The van der Waals surface area contributed by atoms with Crippen LogP contribution in [0, 0.1) is 5.82 Å². The van der Waals surface area contributed by atoms with Gasteiger partial charge in [0.2, 0.25) is 5.91 Å². The Labute approximate surface area is 219 Å². The van der Waals surface area contributed by atoms with Crippen LogP contribution in [0.5, 0.6) is 0 Å². The third kappa shape index (κ3) is 4.47. The van der Waals surface area contributed by atoms with Gasteiger partial charge < -0.3 is 9.64 Å². The summed E-state index contributed by atoms with van der Waals surface area (Å²) in [5.74, 6) is -2.10. The molecule has 15 heteroatoms. The largest absolute Gasteiger partial charge is 0.409 e. The van der Waals surface area contributed by atoms with Crippen molar-refractivity contribution in [1.82, 2.24) is 9.88 Å². The van der Waals surface area contributed by atoms with Crippen LogP contribution in [0.1, 0.15) is 35.2 Å². The lowest BCUT2D eigenvalue weighted by atomic mass is 9.87. The number of halogens is 9. The van der Waals surface area contributed by atoms with E-state index in [2.05, 4.69) is 9.38 Å². The van der Waals surface area contributed by atoms with E-state index in [1.165, 1.54) is 6.20 Å². The van der Waals surface area contributed by atoms with Crippen LogP contribution in [-0.2, 0) is 26.5 Å². The van der Waals surface area contributed by atoms with Crippen molar-refractivity contribution in [2.24, 2.45) is 4.40 Å². The number of fused-ring (bicyclic) bond motifs is 2. The minimum atomic E-state index is -4.80. The van der Waals surface area contributed by atoms with Gasteiger partial charge in [-0.3, -0.25) is 9.78 Å². The molecular formula is C22H14Cl2F7N3O2S. The van der Waals surface area contributed by atoms with Crippen molar-refractivity contribution in [1.29, 1.82) is 0 Å². The lowest BCUT2D eigenvalue weighted by molar-refractivity contribution is -0.186. The molecule has 1 spiro atoms. The van der Waals surface area contributed by atoms with Gasteiger partial charge >= 0.3 is 12.4 Å². The highest BCUT2D eigenvalue weighted by molar-refractivity contribution is 7.99. The third-order valence-corrected chi connectivity index (χ3v) is 8.25. The zero-order chi connectivity index (χ0) is 27.0. The van der Waals surface area contributed by atoms with Crippen LogP contribution in [-0.4, -0.2) is 46.9 Å². The number of hydrogen-bond donors (Lipinski definition) is 0. The van der Waals surface area contributed by atoms with Gasteiger partial charge in [-0.25, -0.2) is 8.79 Å². The SMILES string of the molecule is O=C(CC(F)(F)F)N1CC2(C1)OCc1cc(C3=NSC(c4cc(Cl)c(F)c(Cl)c4)(C(F)(F)F)C3)cnc12. The fraction of sp³-hybridized carbons (Fsp3) is 0.409. The number of pyridine rings is 1. The molecule has 0 radical (unpaired) electrons. The van der Waals surface area contributed by atoms with Crippen molar-refractivity contribution in [3.05, 3.63) is 62.6 Å². The summed E-state index contributed by atoms with van der Waals surface area (Å²) in [7, 11) is 0. The first-order chi connectivity index (χ1) is 17.1. The van der Waals surface area contributed by atoms with Crippen LogP contribution in [0.2, 0.25) is 10.0 Å². The molecule has 0 aliphatic carbocycles. The molecule has 1 saturated heterocycles. The highest BCUT2D eigenvalue weighted by atomic mass is 35.5. The molecule has 5 nitrogen and oxygen atoms in total. The summed E-state index contributed by atoms with van der Waals surface area (Å²) in [6, 6.07) is 3.32. The quantitative estimate of drug-likeness (QED) is 0.239. The van der Waals surface area contributed by atoms with Crippen LogP contribution >= 0.6 is 35.1 Å². The summed E-state index contributed by atoms with van der Waals surface area (Å²) in [5.41, 5.74) is -0.0936. The second-order valence-electron chi connectivity index (χ2n) is 8.94. The first-order valence-electron chi connectivity index (χ1n) is 10.6. The molecule has 1 atom stereocenters. The van der Waals surface area contributed by atoms with E-state index in [9.17, 15) is 35.5 Å². The average molecular weight is 588 g/mol. The molecule has 0 saturated carbocycles. The maximum absolute atomic E-state index is 14.3. The molecule has 3 aliphatic rings. The maximum Gasteiger partial charge on any atom is 0.409 e. The van der Waals surface area contributed by atoms with E-state index in [0.717, 1.165) is 17.0 Å². The number of amides is 1. The lowest BCUT2D eigenvalue weighted by Crippen LogP contribution is -2.61. The predicted octanol–water partition coefficient (Wildman–Crippen LogP) is 6.35. The van der Waals surface area contributed by atoms with Gasteiger partial charge in [-0.1, -0.05) is 23.2 Å². The Hall–Kier alpha value is -2.09. The minimum absolute atomic E-state index is 0.0193. The van der Waals surface area contributed by atoms with Gasteiger partial charge in [0.05, 0.1) is 41.1 Å². The highest BCUT2D eigenvalue weighted by Crippen LogP contribution is 2.57. The summed E-state index contributed by atoms with van der Waals surface area (Å²) in [5, 5.41) is -1.10. The Morgan fingerprint density at radius 2 is 1.76 bits per heavy atom. The summed E-state index contributed by atoms with van der Waals surface area (Å²) in [6.45, 7) is -0.200. The van der Waals surface area contributed by atoms with Crippen molar-refractivity contribution in [2.45, 2.75) is 42.1 Å². The number of likely N-dealkylation sites (tertiary alicyclic amines) is 1. The number of alkyl halides is 6. The number of nitrogens with zero attached hydrogens (tertiary/aromatic N) is 3. The number of rotatable bonds is 3. The Balaban J connectivity index is 1.37. The minimum Gasteiger partial charge on any atom is -0.360 e. The summed E-state index contributed by atoms with van der Waals surface area (Å²) >= 11 is 11.8. The van der Waals surface area contributed by atoms with Crippen LogP contribution in [0.4, 0.5) is 30.7 Å². The number of hydrogen-bond acceptors (Lipinski definition) is 5. The van der Waals surface area contributed by atoms with Gasteiger partial charge in [0.1, 0.15) is 12.0 Å². The third-order valence-electron chi connectivity index (χ3n) is 6.47. The zero-order valence-corrected chi connectivity index (χ0v) is 20.6. The molecule has 3 aliphatic heterocycles. The fourth-order valence-electron chi connectivity index (χ4n) is 4.59. The molecule has 1 unspecified atom stereocenters. The number of ether oxygens (including phenoxy) is 1. The molecule has 37 heavy (non-hydrogen) atoms. The summed E-state index contributed by atoms with van der Waals surface area (Å²) < 4.78 is 102. The van der Waals surface area contributed by atoms with Crippen molar-refractivity contribution >= 4 is 46.8 Å². The molecule has 1 fully saturated rings. The summed E-state index contributed by atoms with van der Waals surface area (Å²) in [4.78, 5) is 17.2. The monoisotopic (exact) mass is 587 g/mol. The van der Waals surface area contributed by atoms with E-state index < -0.39 is 57.3 Å². The Morgan fingerprint density at radius 3 is 2.35 bits per heavy atom. The average Bonchev–Trinajstić information content (AvgIpc) is 3.37. The second kappa shape index (κ2) is 8.72. The van der Waals surface area contributed by atoms with Crippen LogP contribution < -0.4 is 0 Å².